The maximum Gasteiger partial charge on any atom is 0.500 e. The van der Waals surface area contributed by atoms with Crippen molar-refractivity contribution in [3.63, 3.8) is 0 Å². The number of para-hydroxylation sites is 1. The first kappa shape index (κ1) is 17.4. The van der Waals surface area contributed by atoms with E-state index in [4.69, 9.17) is 17.8 Å². The van der Waals surface area contributed by atoms with Gasteiger partial charge in [0, 0.05) is 39.1 Å². The van der Waals surface area contributed by atoms with Crippen LogP contribution in [0.2, 0.25) is 6.04 Å². The van der Waals surface area contributed by atoms with Gasteiger partial charge in [-0.05, 0) is 17.7 Å². The summed E-state index contributed by atoms with van der Waals surface area (Å²) >= 11 is 0. The highest BCUT2D eigenvalue weighted by atomic mass is 31.2. The molecule has 0 fully saturated rings. The molecule has 1 aliphatic heterocycles. The fraction of sp³-hybridized carbons (Fsp3) is 0.294. The van der Waals surface area contributed by atoms with Gasteiger partial charge in [-0.25, -0.2) is 0 Å². The lowest BCUT2D eigenvalue weighted by atomic mass is 10.0. The third-order valence-electron chi connectivity index (χ3n) is 4.34. The molecule has 7 heteroatoms. The van der Waals surface area contributed by atoms with Crippen LogP contribution >= 0.6 is 7.37 Å². The Morgan fingerprint density at radius 3 is 2.17 bits per heavy atom. The first-order valence-electron chi connectivity index (χ1n) is 7.70. The van der Waals surface area contributed by atoms with Gasteiger partial charge in [0.2, 0.25) is 0 Å². The van der Waals surface area contributed by atoms with E-state index in [1.165, 1.54) is 0 Å². The van der Waals surface area contributed by atoms with Crippen LogP contribution in [0.3, 0.4) is 0 Å². The second kappa shape index (κ2) is 6.82. The number of rotatable bonds is 6. The number of benzene rings is 2. The normalized spacial score (nSPS) is 19.3. The van der Waals surface area contributed by atoms with Crippen LogP contribution in [0.5, 0.6) is 5.75 Å². The van der Waals surface area contributed by atoms with E-state index in [9.17, 15) is 4.57 Å². The first-order valence-corrected chi connectivity index (χ1v) is 11.4. The highest BCUT2D eigenvalue weighted by Gasteiger charge is 2.43. The summed E-state index contributed by atoms with van der Waals surface area (Å²) in [6, 6.07) is 15.8. The third-order valence-corrected chi connectivity index (χ3v) is 9.92. The zero-order valence-corrected chi connectivity index (χ0v) is 15.9. The van der Waals surface area contributed by atoms with Crippen LogP contribution in [0.4, 0.5) is 0 Å². The Balaban J connectivity index is 1.98. The standard InChI is InChI=1S/C17H21O5PSi/c1-19-24(20-2,21-3)13-12-23(18)17-11-7-5-9-15(17)14-8-4-6-10-16(14)22-23/h4-11H,12-13H2,1-3H3. The lowest BCUT2D eigenvalue weighted by Crippen LogP contribution is -2.44. The summed E-state index contributed by atoms with van der Waals surface area (Å²) < 4.78 is 36.0. The molecule has 1 aliphatic rings. The van der Waals surface area contributed by atoms with Gasteiger partial charge < -0.3 is 17.8 Å². The van der Waals surface area contributed by atoms with E-state index in [1.807, 2.05) is 48.5 Å². The van der Waals surface area contributed by atoms with Crippen molar-refractivity contribution in [1.82, 2.24) is 0 Å². The van der Waals surface area contributed by atoms with E-state index >= 15 is 0 Å². The quantitative estimate of drug-likeness (QED) is 0.580. The Bertz CT molecular complexity index is 767. The minimum Gasteiger partial charge on any atom is -0.439 e. The first-order chi connectivity index (χ1) is 11.6. The van der Waals surface area contributed by atoms with Crippen molar-refractivity contribution in [2.75, 3.05) is 27.5 Å². The molecule has 0 aliphatic carbocycles. The predicted octanol–water partition coefficient (Wildman–Crippen LogP) is 3.53. The molecule has 2 aromatic carbocycles. The molecule has 0 spiro atoms. The molecule has 128 valence electrons. The molecule has 0 aromatic heterocycles. The van der Waals surface area contributed by atoms with Gasteiger partial charge in [0.25, 0.3) is 7.37 Å². The zero-order chi connectivity index (χ0) is 17.2. The Kier molecular flexibility index (Phi) is 4.94. The fourth-order valence-electron chi connectivity index (χ4n) is 2.98. The zero-order valence-electron chi connectivity index (χ0n) is 14.0. The summed E-state index contributed by atoms with van der Waals surface area (Å²) in [5.41, 5.74) is 1.93. The van der Waals surface area contributed by atoms with Crippen LogP contribution in [-0.2, 0) is 17.8 Å². The number of hydrogen-bond donors (Lipinski definition) is 0. The number of fused-ring (bicyclic) bond motifs is 3. The summed E-state index contributed by atoms with van der Waals surface area (Å²) in [4.78, 5) is 0. The van der Waals surface area contributed by atoms with Gasteiger partial charge in [-0.1, -0.05) is 36.4 Å². The van der Waals surface area contributed by atoms with E-state index in [1.54, 1.807) is 21.3 Å². The topological polar surface area (TPSA) is 54.0 Å². The molecule has 0 radical (unpaired) electrons. The maximum absolute atomic E-state index is 13.6. The van der Waals surface area contributed by atoms with Gasteiger partial charge >= 0.3 is 8.80 Å². The Hall–Kier alpha value is -1.43. The molecule has 0 N–H and O–H groups in total. The maximum atomic E-state index is 13.6. The molecule has 24 heavy (non-hydrogen) atoms. The van der Waals surface area contributed by atoms with Crippen molar-refractivity contribution in [3.8, 4) is 16.9 Å². The van der Waals surface area contributed by atoms with Crippen molar-refractivity contribution in [2.24, 2.45) is 0 Å². The molecule has 1 atom stereocenters. The van der Waals surface area contributed by atoms with Gasteiger partial charge in [0.05, 0.1) is 5.30 Å². The van der Waals surface area contributed by atoms with Crippen molar-refractivity contribution in [2.45, 2.75) is 6.04 Å². The van der Waals surface area contributed by atoms with Gasteiger partial charge in [-0.15, -0.1) is 0 Å². The average Bonchev–Trinajstić information content (AvgIpc) is 2.64. The summed E-state index contributed by atoms with van der Waals surface area (Å²) in [7, 11) is -1.22. The van der Waals surface area contributed by atoms with Crippen LogP contribution < -0.4 is 9.83 Å². The van der Waals surface area contributed by atoms with Crippen LogP contribution in [0.15, 0.2) is 48.5 Å². The minimum atomic E-state index is -3.08. The molecule has 0 saturated heterocycles. The average molecular weight is 364 g/mol. The second-order valence-electron chi connectivity index (χ2n) is 5.55. The third kappa shape index (κ3) is 2.96. The molecule has 2 aromatic rings. The summed E-state index contributed by atoms with van der Waals surface area (Å²) in [6.45, 7) is 0. The summed E-state index contributed by atoms with van der Waals surface area (Å²) in [6.07, 6.45) is 0.306. The van der Waals surface area contributed by atoms with Crippen molar-refractivity contribution in [1.29, 1.82) is 0 Å². The van der Waals surface area contributed by atoms with E-state index in [2.05, 4.69) is 0 Å². The van der Waals surface area contributed by atoms with Crippen molar-refractivity contribution >= 4 is 21.5 Å². The summed E-state index contributed by atoms with van der Waals surface area (Å²) in [5.74, 6) is 0.652. The molecular formula is C17H21O5PSi. The lowest BCUT2D eigenvalue weighted by molar-refractivity contribution is 0.125. The molecule has 5 nitrogen and oxygen atoms in total. The monoisotopic (exact) mass is 364 g/mol. The Labute approximate surface area is 143 Å². The predicted molar refractivity (Wildman–Crippen MR) is 96.2 cm³/mol. The smallest absolute Gasteiger partial charge is 0.439 e. The van der Waals surface area contributed by atoms with Gasteiger partial charge in [-0.2, -0.15) is 0 Å². The van der Waals surface area contributed by atoms with Crippen LogP contribution in [-0.4, -0.2) is 36.3 Å². The highest BCUT2D eigenvalue weighted by Crippen LogP contribution is 2.55. The Morgan fingerprint density at radius 1 is 0.917 bits per heavy atom. The SMILES string of the molecule is CO[Si](CCP1(=O)Oc2ccccc2-c2ccccc21)(OC)OC. The molecule has 3 rings (SSSR count). The minimum absolute atomic E-state index is 0.306. The van der Waals surface area contributed by atoms with Gasteiger partial charge in [0.1, 0.15) is 5.75 Å². The second-order valence-corrected chi connectivity index (χ2v) is 11.1. The highest BCUT2D eigenvalue weighted by molar-refractivity contribution is 7.67. The van der Waals surface area contributed by atoms with Gasteiger partial charge in [-0.3, -0.25) is 4.57 Å². The van der Waals surface area contributed by atoms with E-state index < -0.39 is 16.2 Å². The molecule has 1 heterocycles. The van der Waals surface area contributed by atoms with E-state index in [0.29, 0.717) is 18.0 Å². The summed E-state index contributed by atoms with van der Waals surface area (Å²) in [5, 5.41) is 0.745. The van der Waals surface area contributed by atoms with Crippen LogP contribution in [0, 0.1) is 0 Å². The van der Waals surface area contributed by atoms with E-state index in [-0.39, 0.29) is 0 Å². The Morgan fingerprint density at radius 2 is 1.50 bits per heavy atom. The number of hydrogen-bond acceptors (Lipinski definition) is 5. The molecular weight excluding hydrogens is 343 g/mol. The van der Waals surface area contributed by atoms with E-state index in [0.717, 1.165) is 16.4 Å². The van der Waals surface area contributed by atoms with Gasteiger partial charge in [0.15, 0.2) is 0 Å². The molecule has 0 saturated carbocycles. The van der Waals surface area contributed by atoms with Crippen molar-refractivity contribution in [3.05, 3.63) is 48.5 Å². The van der Waals surface area contributed by atoms with Crippen LogP contribution in [0.25, 0.3) is 11.1 Å². The lowest BCUT2D eigenvalue weighted by Gasteiger charge is -2.31. The molecule has 0 amide bonds. The fourth-order valence-corrected chi connectivity index (χ4v) is 8.15. The largest absolute Gasteiger partial charge is 0.500 e. The van der Waals surface area contributed by atoms with Crippen LogP contribution in [0.1, 0.15) is 0 Å². The molecule has 0 bridgehead atoms. The molecule has 1 unspecified atom stereocenters. The van der Waals surface area contributed by atoms with Crippen molar-refractivity contribution < 1.29 is 22.4 Å².